The van der Waals surface area contributed by atoms with Crippen LogP contribution in [0, 0.1) is 0 Å². The average molecular weight is 753 g/mol. The molecule has 18 heteroatoms. The number of ketones is 2. The lowest BCUT2D eigenvalue weighted by molar-refractivity contribution is -0.137. The molecule has 0 radical (unpaired) electrons. The molecule has 5 aromatic rings. The van der Waals surface area contributed by atoms with Gasteiger partial charge in [-0.1, -0.05) is 54.6 Å². The van der Waals surface area contributed by atoms with Crippen LogP contribution in [0.1, 0.15) is 44.7 Å². The first-order chi connectivity index (χ1) is 23.9. The summed E-state index contributed by atoms with van der Waals surface area (Å²) in [7, 11) is -14.8. The monoisotopic (exact) mass is 752 g/mol. The molecule has 0 atom stereocenters. The van der Waals surface area contributed by atoms with Gasteiger partial charge < -0.3 is 15.4 Å². The molecule has 0 aliphatic heterocycles. The summed E-state index contributed by atoms with van der Waals surface area (Å²) in [6, 6.07) is 16.6. The van der Waals surface area contributed by atoms with Gasteiger partial charge in [0.05, 0.1) is 38.7 Å². The van der Waals surface area contributed by atoms with Crippen LogP contribution in [0.15, 0.2) is 98.3 Å². The van der Waals surface area contributed by atoms with Gasteiger partial charge in [-0.3, -0.25) is 28.3 Å². The van der Waals surface area contributed by atoms with Crippen molar-refractivity contribution in [2.45, 2.75) is 27.5 Å². The first-order valence-corrected chi connectivity index (χ1v) is 19.2. The maximum atomic E-state index is 14.2. The fraction of sp³-hybridized carbons (Fsp3) is 0.0909. The van der Waals surface area contributed by atoms with Gasteiger partial charge in [0.2, 0.25) is 0 Å². The van der Waals surface area contributed by atoms with E-state index in [0.29, 0.717) is 6.07 Å². The minimum Gasteiger partial charge on any atom is -0.481 e. The van der Waals surface area contributed by atoms with E-state index in [-0.39, 0.29) is 39.6 Å². The molecular weight excluding hydrogens is 729 g/mol. The van der Waals surface area contributed by atoms with Crippen LogP contribution in [-0.2, 0) is 34.9 Å². The minimum absolute atomic E-state index is 0.0283. The Balaban J connectivity index is 1.66. The molecule has 0 saturated heterocycles. The van der Waals surface area contributed by atoms with Gasteiger partial charge in [-0.25, -0.2) is 8.42 Å². The van der Waals surface area contributed by atoms with E-state index in [1.165, 1.54) is 36.4 Å². The average Bonchev–Trinajstić information content (AvgIpc) is 3.06. The molecule has 5 N–H and O–H groups in total. The Labute approximate surface area is 289 Å². The Morgan fingerprint density at radius 2 is 1.35 bits per heavy atom. The summed E-state index contributed by atoms with van der Waals surface area (Å²) in [5.41, 5.74) is -3.45. The third-order valence-electron chi connectivity index (χ3n) is 8.13. The van der Waals surface area contributed by atoms with Gasteiger partial charge >= 0.3 is 5.97 Å². The summed E-state index contributed by atoms with van der Waals surface area (Å²) in [4.78, 5) is 52.4. The molecule has 1 aromatic heterocycles. The van der Waals surface area contributed by atoms with Crippen molar-refractivity contribution < 1.29 is 53.8 Å². The molecule has 1 aliphatic rings. The zero-order valence-corrected chi connectivity index (χ0v) is 28.2. The van der Waals surface area contributed by atoms with Crippen molar-refractivity contribution in [3.63, 3.8) is 0 Å². The highest BCUT2D eigenvalue weighted by molar-refractivity contribution is 7.91. The number of hydrogen-bond acceptors (Lipinski definition) is 11. The van der Waals surface area contributed by atoms with E-state index in [0.717, 1.165) is 18.2 Å². The van der Waals surface area contributed by atoms with Gasteiger partial charge in [-0.2, -0.15) is 16.8 Å². The van der Waals surface area contributed by atoms with E-state index in [4.69, 9.17) is 5.11 Å². The predicted octanol–water partition coefficient (Wildman–Crippen LogP) is 3.85. The minimum atomic E-state index is -5.25. The summed E-state index contributed by atoms with van der Waals surface area (Å²) in [6.07, 6.45) is -0.797. The number of carbonyl (C=O) groups is 3. The van der Waals surface area contributed by atoms with Crippen LogP contribution in [0.2, 0.25) is 0 Å². The number of hydrogen-bond donors (Lipinski definition) is 5. The van der Waals surface area contributed by atoms with Gasteiger partial charge in [0.25, 0.3) is 25.8 Å². The van der Waals surface area contributed by atoms with E-state index >= 15 is 0 Å². The molecule has 15 nitrogen and oxygen atoms in total. The Hall–Kier alpha value is -5.53. The summed E-state index contributed by atoms with van der Waals surface area (Å²) in [5.74, 6) is -3.50. The molecule has 6 rings (SSSR count). The summed E-state index contributed by atoms with van der Waals surface area (Å²) in [6.45, 7) is 0. The molecular formula is C33H24N2O13S3. The fourth-order valence-electron chi connectivity index (χ4n) is 5.93. The smallest absolute Gasteiger partial charge is 0.303 e. The normalized spacial score (nSPS) is 12.8. The zero-order chi connectivity index (χ0) is 37.0. The number of carbonyl (C=O) groups excluding carboxylic acids is 2. The Morgan fingerprint density at radius 3 is 1.98 bits per heavy atom. The second kappa shape index (κ2) is 12.7. The van der Waals surface area contributed by atoms with Crippen molar-refractivity contribution in [1.82, 2.24) is 4.98 Å². The molecule has 0 bridgehead atoms. The third kappa shape index (κ3) is 6.46. The number of pyridine rings is 1. The highest BCUT2D eigenvalue weighted by Gasteiger charge is 2.36. The van der Waals surface area contributed by atoms with Crippen molar-refractivity contribution in [3.8, 4) is 11.1 Å². The van der Waals surface area contributed by atoms with Crippen molar-refractivity contribution in [2.24, 2.45) is 0 Å². The van der Waals surface area contributed by atoms with Crippen LogP contribution < -0.4 is 10.9 Å². The van der Waals surface area contributed by atoms with E-state index in [1.807, 2.05) is 0 Å². The third-order valence-corrected chi connectivity index (χ3v) is 11.7. The Morgan fingerprint density at radius 1 is 0.725 bits per heavy atom. The van der Waals surface area contributed by atoms with Gasteiger partial charge in [-0.05, 0) is 36.2 Å². The molecule has 262 valence electrons. The summed E-state index contributed by atoms with van der Waals surface area (Å²) in [5, 5.41) is 11.1. The largest absolute Gasteiger partial charge is 0.481 e. The van der Waals surface area contributed by atoms with E-state index in [2.05, 4.69) is 10.3 Å². The van der Waals surface area contributed by atoms with Crippen molar-refractivity contribution >= 4 is 69.9 Å². The van der Waals surface area contributed by atoms with Crippen LogP contribution >= 0.6 is 0 Å². The molecule has 1 heterocycles. The van der Waals surface area contributed by atoms with Crippen molar-refractivity contribution in [1.29, 1.82) is 0 Å². The second-order valence-corrected chi connectivity index (χ2v) is 16.3. The fourth-order valence-corrected chi connectivity index (χ4v) is 8.69. The lowest BCUT2D eigenvalue weighted by Crippen LogP contribution is -2.25. The molecule has 0 saturated carbocycles. The maximum absolute atomic E-state index is 14.2. The number of carboxylic acids is 1. The van der Waals surface area contributed by atoms with Crippen LogP contribution in [-0.4, -0.2) is 67.7 Å². The number of sulfone groups is 1. The molecule has 4 aromatic carbocycles. The van der Waals surface area contributed by atoms with Crippen LogP contribution in [0.3, 0.4) is 0 Å². The number of aliphatic carboxylic acids is 1. The molecule has 0 unspecified atom stereocenters. The quantitative estimate of drug-likeness (QED) is 0.0931. The molecule has 0 amide bonds. The van der Waals surface area contributed by atoms with Gasteiger partial charge in [0.1, 0.15) is 9.79 Å². The maximum Gasteiger partial charge on any atom is 0.303 e. The molecule has 0 spiro atoms. The number of rotatable bonds is 11. The predicted molar refractivity (Wildman–Crippen MR) is 182 cm³/mol. The highest BCUT2D eigenvalue weighted by atomic mass is 32.2. The number of H-pyrrole nitrogens is 1. The van der Waals surface area contributed by atoms with Crippen molar-refractivity contribution in [3.05, 3.63) is 111 Å². The number of nitrogens with one attached hydrogen (secondary N) is 2. The number of aromatic nitrogens is 1. The highest BCUT2D eigenvalue weighted by Crippen LogP contribution is 2.46. The number of aromatic amines is 1. The second-order valence-electron chi connectivity index (χ2n) is 11.4. The number of benzene rings is 4. The van der Waals surface area contributed by atoms with E-state index in [1.54, 1.807) is 18.2 Å². The topological polar surface area (TPSA) is 259 Å². The van der Waals surface area contributed by atoms with Crippen molar-refractivity contribution in [2.75, 3.05) is 11.1 Å². The molecule has 0 fully saturated rings. The van der Waals surface area contributed by atoms with Gasteiger partial charge in [-0.15, -0.1) is 0 Å². The lowest BCUT2D eigenvalue weighted by atomic mass is 9.80. The SMILES string of the molecule is O=C(O)CCCS(=O)(=O)c1ccc(Nc2cc(S(=O)(=O)O)c3[nH]c(=O)c(C(=O)c4ccccc4)c4c3c2C(=O)c2ccccc2-4)c(S(=O)(=O)O)c1. The molecule has 1 aliphatic carbocycles. The number of anilines is 2. The Bertz CT molecular complexity index is 2740. The van der Waals surface area contributed by atoms with E-state index in [9.17, 15) is 53.5 Å². The van der Waals surface area contributed by atoms with Gasteiger partial charge in [0.15, 0.2) is 21.4 Å². The first kappa shape index (κ1) is 35.3. The van der Waals surface area contributed by atoms with Crippen LogP contribution in [0.5, 0.6) is 0 Å². The number of fused-ring (bicyclic) bond motifs is 2. The van der Waals surface area contributed by atoms with Crippen LogP contribution in [0.4, 0.5) is 11.4 Å². The Kier molecular flexibility index (Phi) is 8.76. The van der Waals surface area contributed by atoms with E-state index < -0.39 is 102 Å². The zero-order valence-electron chi connectivity index (χ0n) is 25.8. The van der Waals surface area contributed by atoms with Crippen LogP contribution in [0.25, 0.3) is 22.0 Å². The van der Waals surface area contributed by atoms with Gasteiger partial charge in [0, 0.05) is 28.5 Å². The first-order valence-electron chi connectivity index (χ1n) is 14.7. The summed E-state index contributed by atoms with van der Waals surface area (Å²) < 4.78 is 96.9. The standard InChI is InChI=1S/C33H24N2O13S3/c36-25(37)11-6-14-49(41,42)18-12-13-21(23(15-18)50(43,44)45)34-22-16-24(51(46,47)48)30-28-26(19-9-4-5-10-20(19)32(39)27(22)28)29(33(40)35-30)31(38)17-7-2-1-3-8-17/h1-5,7-10,12-13,15-16,34H,6,11,14H2,(H,35,40)(H,36,37)(H,43,44,45)(H,46,47,48). The summed E-state index contributed by atoms with van der Waals surface area (Å²) >= 11 is 0. The lowest BCUT2D eigenvalue weighted by Gasteiger charge is -2.25. The number of carboxylic acid groups (broad SMARTS) is 1. The molecule has 51 heavy (non-hydrogen) atoms.